The maximum atomic E-state index is 6.91. The van der Waals surface area contributed by atoms with Crippen molar-refractivity contribution >= 4 is 38.8 Å². The molecule has 0 amide bonds. The third-order valence-corrected chi connectivity index (χ3v) is 11.9. The minimum Gasteiger partial charge on any atom is -0.531 e. The van der Waals surface area contributed by atoms with E-state index in [0.717, 1.165) is 0 Å². The summed E-state index contributed by atoms with van der Waals surface area (Å²) in [6.07, 6.45) is 1.96. The quantitative estimate of drug-likeness (QED) is 0.198. The van der Waals surface area contributed by atoms with E-state index in [-0.39, 0.29) is 6.10 Å². The summed E-state index contributed by atoms with van der Waals surface area (Å²) in [6, 6.07) is 0. The average Bonchev–Trinajstić information content (AvgIpc) is 2.43. The van der Waals surface area contributed by atoms with Gasteiger partial charge in [0.15, 0.2) is 0 Å². The van der Waals surface area contributed by atoms with Crippen molar-refractivity contribution < 1.29 is 8.85 Å². The molecule has 0 fully saturated rings. The van der Waals surface area contributed by atoms with Gasteiger partial charge in [0.25, 0.3) is 0 Å². The van der Waals surface area contributed by atoms with Crippen LogP contribution in [-0.4, -0.2) is 29.0 Å². The molecule has 0 rings (SSSR count). The predicted octanol–water partition coefficient (Wildman–Crippen LogP) is 7.32. The van der Waals surface area contributed by atoms with Crippen LogP contribution < -0.4 is 0 Å². The van der Waals surface area contributed by atoms with Crippen LogP contribution in [0.1, 0.15) is 55.4 Å². The van der Waals surface area contributed by atoms with Gasteiger partial charge in [0.05, 0.1) is 6.10 Å². The van der Waals surface area contributed by atoms with Crippen LogP contribution in [0.4, 0.5) is 0 Å². The Morgan fingerprint density at radius 2 is 1.32 bits per heavy atom. The van der Waals surface area contributed by atoms with Crippen molar-refractivity contribution in [2.45, 2.75) is 97.8 Å². The summed E-state index contributed by atoms with van der Waals surface area (Å²) in [5.41, 5.74) is 1.68. The molecule has 0 unspecified atom stereocenters. The fraction of sp³-hybridized carbons (Fsp3) is 0.842. The van der Waals surface area contributed by atoms with Gasteiger partial charge in [-0.15, -0.1) is 0 Å². The molecule has 148 valence electrons. The third kappa shape index (κ3) is 7.69. The van der Waals surface area contributed by atoms with E-state index >= 15 is 0 Å². The zero-order valence-corrected chi connectivity index (χ0v) is 21.8. The Morgan fingerprint density at radius 1 is 0.880 bits per heavy atom. The first-order valence-electron chi connectivity index (χ1n) is 9.49. The van der Waals surface area contributed by atoms with Gasteiger partial charge in [0.2, 0.25) is 22.5 Å². The Bertz CT molecular complexity index is 433. The Morgan fingerprint density at radius 3 is 1.60 bits per heavy atom. The van der Waals surface area contributed by atoms with Gasteiger partial charge in [-0.1, -0.05) is 71.3 Å². The van der Waals surface area contributed by atoms with Crippen LogP contribution in [-0.2, 0) is 8.85 Å². The van der Waals surface area contributed by atoms with E-state index in [4.69, 9.17) is 8.85 Å². The highest BCUT2D eigenvalue weighted by molar-refractivity contribution is 9.11. The van der Waals surface area contributed by atoms with Crippen LogP contribution >= 0.6 is 15.9 Å². The van der Waals surface area contributed by atoms with Crippen molar-refractivity contribution in [3.05, 3.63) is 10.9 Å². The van der Waals surface area contributed by atoms with Crippen molar-refractivity contribution in [2.75, 3.05) is 0 Å². The molecule has 3 nitrogen and oxygen atoms in total. The molecule has 0 spiro atoms. The summed E-state index contributed by atoms with van der Waals surface area (Å²) in [7, 11) is -3.62. The second-order valence-electron chi connectivity index (χ2n) is 9.08. The fourth-order valence-electron chi connectivity index (χ4n) is 3.52. The van der Waals surface area contributed by atoms with Crippen molar-refractivity contribution in [1.82, 2.24) is 0 Å². The summed E-state index contributed by atoms with van der Waals surface area (Å²) < 4.78 is 12.9. The predicted molar refractivity (Wildman–Crippen MR) is 121 cm³/mol. The van der Waals surface area contributed by atoms with E-state index in [1.54, 1.807) is 4.99 Å². The van der Waals surface area contributed by atoms with Crippen LogP contribution in [0.25, 0.3) is 0 Å². The average molecular weight is 451 g/mol. The van der Waals surface area contributed by atoms with Gasteiger partial charge >= 0.3 is 0 Å². The van der Waals surface area contributed by atoms with E-state index < -0.39 is 16.6 Å². The SMILES string of the molecule is CC(C)[C@@H](/C=N/C(=C/Br)O[Si](C)(C)C)O[Si](C(C)C)(C(C)C)C(C)C. The van der Waals surface area contributed by atoms with Gasteiger partial charge in [0, 0.05) is 11.2 Å². The maximum Gasteiger partial charge on any atom is 0.244 e. The van der Waals surface area contributed by atoms with Gasteiger partial charge < -0.3 is 8.85 Å². The second-order valence-corrected chi connectivity index (χ2v) is 19.4. The minimum atomic E-state index is -1.94. The van der Waals surface area contributed by atoms with Gasteiger partial charge in [-0.2, -0.15) is 0 Å². The Kier molecular flexibility index (Phi) is 10.5. The summed E-state index contributed by atoms with van der Waals surface area (Å²) in [5, 5.41) is 0. The van der Waals surface area contributed by atoms with Crippen LogP contribution in [0, 0.1) is 5.92 Å². The Balaban J connectivity index is 5.58. The molecule has 0 saturated heterocycles. The van der Waals surface area contributed by atoms with Gasteiger partial charge in [-0.3, -0.25) is 0 Å². The third-order valence-electron chi connectivity index (χ3n) is 4.56. The Hall–Kier alpha value is 0.0838. The number of halogens is 1. The van der Waals surface area contributed by atoms with Gasteiger partial charge in [0.1, 0.15) is 0 Å². The van der Waals surface area contributed by atoms with Crippen LogP contribution in [0.15, 0.2) is 15.9 Å². The largest absolute Gasteiger partial charge is 0.531 e. The molecule has 0 bridgehead atoms. The molecule has 25 heavy (non-hydrogen) atoms. The molecule has 6 heteroatoms. The lowest BCUT2D eigenvalue weighted by Crippen LogP contribution is -2.51. The second kappa shape index (κ2) is 10.4. The Labute approximate surface area is 167 Å². The normalized spacial score (nSPS) is 15.9. The molecule has 0 aromatic rings. The van der Waals surface area contributed by atoms with Crippen molar-refractivity contribution in [1.29, 1.82) is 0 Å². The number of aliphatic imine (C=N–C) groups is 1. The molecule has 0 aromatic heterocycles. The molecule has 0 heterocycles. The standard InChI is InChI=1S/C19H40BrNO2Si2/c1-14(2)18(13-21-19(12-20)23-24(9,10)11)22-25(15(3)4,16(5)6)17(7)8/h12-18H,1-11H3/b19-12-,21-13+/t18-/m1/s1. The summed E-state index contributed by atoms with van der Waals surface area (Å²) in [6.45, 7) is 24.8. The summed E-state index contributed by atoms with van der Waals surface area (Å²) in [5.74, 6) is 1.01. The number of rotatable bonds is 10. The van der Waals surface area contributed by atoms with E-state index in [2.05, 4.69) is 96.0 Å². The number of hydrogen-bond donors (Lipinski definition) is 0. The van der Waals surface area contributed by atoms with E-state index in [0.29, 0.717) is 28.4 Å². The van der Waals surface area contributed by atoms with E-state index in [1.807, 2.05) is 6.21 Å². The van der Waals surface area contributed by atoms with Crippen LogP contribution in [0.5, 0.6) is 0 Å². The molecule has 1 atom stereocenters. The number of nitrogens with zero attached hydrogens (tertiary/aromatic N) is 1. The van der Waals surface area contributed by atoms with E-state index in [1.165, 1.54) is 0 Å². The minimum absolute atomic E-state index is 0.00607. The molecule has 0 N–H and O–H groups in total. The van der Waals surface area contributed by atoms with Gasteiger partial charge in [-0.25, -0.2) is 4.99 Å². The molecule has 0 aromatic carbocycles. The van der Waals surface area contributed by atoms with Crippen LogP contribution in [0.3, 0.4) is 0 Å². The monoisotopic (exact) mass is 449 g/mol. The highest BCUT2D eigenvalue weighted by atomic mass is 79.9. The van der Waals surface area contributed by atoms with Crippen LogP contribution in [0.2, 0.25) is 36.3 Å². The topological polar surface area (TPSA) is 30.8 Å². The maximum absolute atomic E-state index is 6.91. The van der Waals surface area contributed by atoms with Crippen molar-refractivity contribution in [3.8, 4) is 0 Å². The lowest BCUT2D eigenvalue weighted by molar-refractivity contribution is 0.191. The zero-order chi connectivity index (χ0) is 20.0. The molecule has 0 aliphatic heterocycles. The first-order chi connectivity index (χ1) is 11.3. The van der Waals surface area contributed by atoms with Crippen molar-refractivity contribution in [3.63, 3.8) is 0 Å². The highest BCUT2D eigenvalue weighted by Crippen LogP contribution is 2.43. The van der Waals surface area contributed by atoms with Crippen molar-refractivity contribution in [2.24, 2.45) is 10.9 Å². The lowest BCUT2D eigenvalue weighted by Gasteiger charge is -2.44. The zero-order valence-electron chi connectivity index (χ0n) is 18.2. The highest BCUT2D eigenvalue weighted by Gasteiger charge is 2.46. The first-order valence-corrected chi connectivity index (χ1v) is 16.0. The molecule has 0 aliphatic carbocycles. The number of hydrogen-bond acceptors (Lipinski definition) is 3. The fourth-order valence-corrected chi connectivity index (χ4v) is 10.3. The molecular formula is C19H40BrNO2Si2. The smallest absolute Gasteiger partial charge is 0.244 e. The molecule has 0 aliphatic rings. The lowest BCUT2D eigenvalue weighted by atomic mass is 10.1. The molecule has 0 radical (unpaired) electrons. The molecular weight excluding hydrogens is 410 g/mol. The summed E-state index contributed by atoms with van der Waals surface area (Å²) in [4.78, 5) is 6.37. The summed E-state index contributed by atoms with van der Waals surface area (Å²) >= 11 is 3.38. The molecule has 0 saturated carbocycles. The first kappa shape index (κ1) is 25.1. The van der Waals surface area contributed by atoms with E-state index in [9.17, 15) is 0 Å². The van der Waals surface area contributed by atoms with Gasteiger partial charge in [-0.05, 0) is 42.2 Å².